The minimum atomic E-state index is -1.25. The number of hydrogen-bond donors (Lipinski definition) is 1. The lowest BCUT2D eigenvalue weighted by atomic mass is 9.72. The topological polar surface area (TPSA) is 122 Å². The number of allylic oxidation sites excluding steroid dienone is 3. The summed E-state index contributed by atoms with van der Waals surface area (Å²) in [7, 11) is 1.55. The van der Waals surface area contributed by atoms with Gasteiger partial charge in [0.15, 0.2) is 12.2 Å². The first-order valence-corrected chi connectivity index (χ1v) is 24.4. The zero-order valence-electron chi connectivity index (χ0n) is 40.1. The lowest BCUT2D eigenvalue weighted by molar-refractivity contribution is -0.192. The van der Waals surface area contributed by atoms with Gasteiger partial charge < -0.3 is 28.5 Å². The van der Waals surface area contributed by atoms with Crippen LogP contribution in [0.1, 0.15) is 121 Å². The van der Waals surface area contributed by atoms with E-state index in [4.69, 9.17) is 23.4 Å². The Bertz CT molecular complexity index is 2910. The molecule has 9 nitrogen and oxygen atoms in total. The third kappa shape index (κ3) is 10.4. The molecular weight excluding hydrogens is 865 g/mol. The summed E-state index contributed by atoms with van der Waals surface area (Å²) in [5.41, 5.74) is 7.57. The number of esters is 2. The highest BCUT2D eigenvalue weighted by atomic mass is 16.6. The maximum atomic E-state index is 15.1. The van der Waals surface area contributed by atoms with Gasteiger partial charge in [-0.05, 0) is 123 Å². The second kappa shape index (κ2) is 21.0. The molecule has 1 N–H and O–H groups in total. The quantitative estimate of drug-likeness (QED) is 0.0586. The first-order valence-electron chi connectivity index (χ1n) is 24.4. The molecule has 3 aliphatic heterocycles. The van der Waals surface area contributed by atoms with E-state index in [1.165, 1.54) is 16.7 Å². The van der Waals surface area contributed by atoms with Crippen molar-refractivity contribution in [3.8, 4) is 5.75 Å². The summed E-state index contributed by atoms with van der Waals surface area (Å²) < 4.78 is 32.1. The zero-order chi connectivity index (χ0) is 48.1. The highest BCUT2D eigenvalue weighted by molar-refractivity contribution is 5.90. The predicted molar refractivity (Wildman–Crippen MR) is 267 cm³/mol. The van der Waals surface area contributed by atoms with Crippen molar-refractivity contribution in [1.29, 1.82) is 0 Å². The number of methoxy groups -OCH3 is 1. The molecule has 4 aliphatic rings. The second-order valence-electron chi connectivity index (χ2n) is 19.4. The van der Waals surface area contributed by atoms with E-state index in [0.29, 0.717) is 59.9 Å². The summed E-state index contributed by atoms with van der Waals surface area (Å²) in [6.45, 7) is 5.52. The first-order chi connectivity index (χ1) is 33.5. The van der Waals surface area contributed by atoms with Gasteiger partial charge in [-0.3, -0.25) is 4.79 Å². The Balaban J connectivity index is 1.15. The van der Waals surface area contributed by atoms with Crippen LogP contribution in [0.3, 0.4) is 0 Å². The number of hydrogen-bond acceptors (Lipinski definition) is 9. The normalized spacial score (nSPS) is 22.5. The minimum absolute atomic E-state index is 0.0509. The largest absolute Gasteiger partial charge is 0.483 e. The molecule has 0 spiro atoms. The summed E-state index contributed by atoms with van der Waals surface area (Å²) in [6, 6.07) is 41.5. The fourth-order valence-corrected chi connectivity index (χ4v) is 10.8. The van der Waals surface area contributed by atoms with Crippen molar-refractivity contribution >= 4 is 22.9 Å². The van der Waals surface area contributed by atoms with Crippen molar-refractivity contribution in [3.05, 3.63) is 205 Å². The predicted octanol–water partition coefficient (Wildman–Crippen LogP) is 11.6. The van der Waals surface area contributed by atoms with E-state index in [1.807, 2.05) is 45.0 Å². The number of rotatable bonds is 11. The molecule has 0 fully saturated rings. The molecule has 2 bridgehead atoms. The molecule has 69 heavy (non-hydrogen) atoms. The van der Waals surface area contributed by atoms with E-state index in [0.717, 1.165) is 35.1 Å². The van der Waals surface area contributed by atoms with Gasteiger partial charge in [0.25, 0.3) is 0 Å². The molecule has 4 heterocycles. The molecule has 1 aliphatic carbocycles. The maximum absolute atomic E-state index is 15.1. The Labute approximate surface area is 404 Å². The van der Waals surface area contributed by atoms with Crippen LogP contribution in [0.25, 0.3) is 11.0 Å². The van der Waals surface area contributed by atoms with Gasteiger partial charge in [0.1, 0.15) is 16.9 Å². The Kier molecular flexibility index (Phi) is 14.4. The van der Waals surface area contributed by atoms with Gasteiger partial charge in [0, 0.05) is 48.3 Å². The lowest BCUT2D eigenvalue weighted by Crippen LogP contribution is -2.54. The van der Waals surface area contributed by atoms with Gasteiger partial charge in [-0.2, -0.15) is 0 Å². The Morgan fingerprint density at radius 3 is 2.23 bits per heavy atom. The first kappa shape index (κ1) is 47.5. The van der Waals surface area contributed by atoms with E-state index in [1.54, 1.807) is 19.2 Å². The standard InChI is InChI=1S/C60H62O9/c1-38(2)47-26-22-40-20-23-43(24-21-40)48-27-25-45(44-19-11-17-42(34-44)33-41-15-9-6-10-16-41)35-46(48)36-53(62)66-56-54-52(29-28-49-51(37-61)50(30-32-65-4)59(64)67-55(49)54)69-60(3,57(56)68-58(47)63)31-12-18-39-13-7-5-8-14-39/h5-11,13-17,19-21,23-25,27-29,34,45-46,48,56-57,61H,12,18,22,26,30-33,35-37H2,1-4H3/t45-,46+,48+,56-,57+,60+/m1/s1. The summed E-state index contributed by atoms with van der Waals surface area (Å²) in [5.74, 6) is -0.847. The fraction of sp³-hybridized carbons (Fsp3) is 0.350. The summed E-state index contributed by atoms with van der Waals surface area (Å²) in [5, 5.41) is 11.3. The van der Waals surface area contributed by atoms with Crippen LogP contribution >= 0.6 is 0 Å². The molecule has 0 saturated carbocycles. The van der Waals surface area contributed by atoms with Gasteiger partial charge in [0.2, 0.25) is 0 Å². The van der Waals surface area contributed by atoms with E-state index in [-0.39, 0.29) is 48.3 Å². The number of aliphatic hydroxyl groups excluding tert-OH is 1. The number of carbonyl (C=O) groups is 2. The van der Waals surface area contributed by atoms with E-state index < -0.39 is 42.0 Å². The molecule has 1 aromatic heterocycles. The zero-order valence-corrected chi connectivity index (χ0v) is 40.1. The number of ether oxygens (including phenoxy) is 4. The minimum Gasteiger partial charge on any atom is -0.483 e. The van der Waals surface area contributed by atoms with Gasteiger partial charge in [-0.1, -0.05) is 127 Å². The van der Waals surface area contributed by atoms with E-state index >= 15 is 4.79 Å². The van der Waals surface area contributed by atoms with E-state index in [2.05, 4.69) is 97.1 Å². The number of aryl methyl sites for hydroxylation is 2. The van der Waals surface area contributed by atoms with Crippen LogP contribution < -0.4 is 10.4 Å². The second-order valence-corrected chi connectivity index (χ2v) is 19.4. The summed E-state index contributed by atoms with van der Waals surface area (Å²) >= 11 is 0. The summed E-state index contributed by atoms with van der Waals surface area (Å²) in [4.78, 5) is 43.8. The third-order valence-corrected chi connectivity index (χ3v) is 14.5. The third-order valence-electron chi connectivity index (χ3n) is 14.5. The van der Waals surface area contributed by atoms with Crippen molar-refractivity contribution in [2.75, 3.05) is 13.7 Å². The van der Waals surface area contributed by atoms with Crippen molar-refractivity contribution in [2.45, 2.75) is 115 Å². The van der Waals surface area contributed by atoms with Crippen LogP contribution in [0.5, 0.6) is 5.75 Å². The van der Waals surface area contributed by atoms with Crippen LogP contribution in [0.4, 0.5) is 0 Å². The molecule has 0 amide bonds. The average Bonchev–Trinajstić information content (AvgIpc) is 3.34. The molecule has 5 aromatic carbocycles. The van der Waals surface area contributed by atoms with Crippen LogP contribution in [-0.2, 0) is 56.1 Å². The summed E-state index contributed by atoms with van der Waals surface area (Å²) in [6.07, 6.45) is 6.81. The SMILES string of the molecule is COCCc1c(CO)c2ccc3c(c2oc1=O)[C@H]1OC(=O)C[C@@H]2C[C@H](c4cccc(Cc5ccccc5)c4)C=C[C@H]2c2ccc(cc2)CCC(=C(C)C)C(=O)O[C@@H]1[C@](C)(CCCc1ccccc1)O3. The Morgan fingerprint density at radius 1 is 0.768 bits per heavy atom. The molecule has 6 atom stereocenters. The number of aliphatic hydroxyl groups is 1. The lowest BCUT2D eigenvalue weighted by Gasteiger charge is -2.45. The molecule has 9 heteroatoms. The van der Waals surface area contributed by atoms with Crippen LogP contribution in [0.15, 0.2) is 154 Å². The van der Waals surface area contributed by atoms with Crippen LogP contribution in [-0.4, -0.2) is 42.5 Å². The maximum Gasteiger partial charge on any atom is 0.339 e. The molecule has 10 rings (SSSR count). The number of benzene rings is 5. The molecular formula is C60H62O9. The monoisotopic (exact) mass is 926 g/mol. The number of fused-ring (bicyclic) bond motifs is 11. The van der Waals surface area contributed by atoms with Crippen molar-refractivity contribution in [2.24, 2.45) is 5.92 Å². The molecule has 0 unspecified atom stereocenters. The van der Waals surface area contributed by atoms with Gasteiger partial charge in [-0.25, -0.2) is 9.59 Å². The highest BCUT2D eigenvalue weighted by Crippen LogP contribution is 2.50. The van der Waals surface area contributed by atoms with Gasteiger partial charge in [-0.15, -0.1) is 0 Å². The molecule has 6 aromatic rings. The number of carbonyl (C=O) groups excluding carboxylic acids is 2. The van der Waals surface area contributed by atoms with Crippen molar-refractivity contribution in [3.63, 3.8) is 0 Å². The average molecular weight is 927 g/mol. The molecule has 0 saturated heterocycles. The Morgan fingerprint density at radius 2 is 1.51 bits per heavy atom. The smallest absolute Gasteiger partial charge is 0.339 e. The van der Waals surface area contributed by atoms with E-state index in [9.17, 15) is 14.7 Å². The highest BCUT2D eigenvalue weighted by Gasteiger charge is 2.53. The van der Waals surface area contributed by atoms with Gasteiger partial charge in [0.05, 0.1) is 18.8 Å². The Hall–Kier alpha value is -6.55. The van der Waals surface area contributed by atoms with Crippen LogP contribution in [0, 0.1) is 5.92 Å². The van der Waals surface area contributed by atoms with Crippen LogP contribution in [0.2, 0.25) is 0 Å². The van der Waals surface area contributed by atoms with Gasteiger partial charge >= 0.3 is 17.6 Å². The molecule has 0 radical (unpaired) electrons. The fourth-order valence-electron chi connectivity index (χ4n) is 10.8. The molecule has 356 valence electrons. The van der Waals surface area contributed by atoms with Crippen molar-refractivity contribution < 1.29 is 38.1 Å². The van der Waals surface area contributed by atoms with Crippen molar-refractivity contribution in [1.82, 2.24) is 0 Å².